The lowest BCUT2D eigenvalue weighted by Gasteiger charge is -2.25. The maximum atomic E-state index is 12.4. The van der Waals surface area contributed by atoms with Gasteiger partial charge in [-0.25, -0.2) is 4.79 Å². The zero-order valence-electron chi connectivity index (χ0n) is 16.3. The average Bonchev–Trinajstić information content (AvgIpc) is 2.67. The summed E-state index contributed by atoms with van der Waals surface area (Å²) < 4.78 is 0. The lowest BCUT2D eigenvalue weighted by atomic mass is 9.99. The molecule has 0 saturated heterocycles. The van der Waals surface area contributed by atoms with E-state index in [0.29, 0.717) is 6.42 Å². The summed E-state index contributed by atoms with van der Waals surface area (Å²) in [5.41, 5.74) is 10.6. The van der Waals surface area contributed by atoms with Crippen molar-refractivity contribution < 1.29 is 34.2 Å². The normalized spacial score (nSPS) is 15.9. The van der Waals surface area contributed by atoms with Crippen LogP contribution in [0.25, 0.3) is 0 Å². The first-order valence-corrected chi connectivity index (χ1v) is 9.51. The minimum Gasteiger partial charge on any atom is -0.480 e. The average molecular weight is 436 g/mol. The largest absolute Gasteiger partial charge is 0.480 e. The molecule has 0 spiro atoms. The molecule has 13 heteroatoms. The van der Waals surface area contributed by atoms with Gasteiger partial charge < -0.3 is 37.6 Å². The monoisotopic (exact) mass is 435 g/mol. The van der Waals surface area contributed by atoms with E-state index in [1.165, 1.54) is 0 Å². The van der Waals surface area contributed by atoms with Gasteiger partial charge >= 0.3 is 5.97 Å². The second-order valence-electron chi connectivity index (χ2n) is 6.47. The summed E-state index contributed by atoms with van der Waals surface area (Å²) in [6, 6.07) is -5.24. The highest BCUT2D eigenvalue weighted by molar-refractivity contribution is 7.80. The van der Waals surface area contributed by atoms with Crippen molar-refractivity contribution in [3.63, 3.8) is 0 Å². The Morgan fingerprint density at radius 2 is 1.52 bits per heavy atom. The molecule has 0 rings (SSSR count). The SMILES string of the molecule is CCC(C)C(NC(=O)C(CO)NC(=O)C(CC(N)=O)NC(=O)C(N)CS)C(=O)O. The van der Waals surface area contributed by atoms with Crippen LogP contribution in [0, 0.1) is 5.92 Å². The fourth-order valence-electron chi connectivity index (χ4n) is 2.18. The third kappa shape index (κ3) is 9.11. The quantitative estimate of drug-likeness (QED) is 0.137. The van der Waals surface area contributed by atoms with Gasteiger partial charge in [0.1, 0.15) is 18.1 Å². The van der Waals surface area contributed by atoms with Gasteiger partial charge in [-0.2, -0.15) is 12.6 Å². The molecule has 0 heterocycles. The van der Waals surface area contributed by atoms with Crippen molar-refractivity contribution >= 4 is 42.2 Å². The molecule has 0 aliphatic heterocycles. The van der Waals surface area contributed by atoms with E-state index >= 15 is 0 Å². The molecule has 0 aromatic carbocycles. The summed E-state index contributed by atoms with van der Waals surface area (Å²) in [5.74, 6) is -5.29. The molecule has 0 fully saturated rings. The Morgan fingerprint density at radius 3 is 1.93 bits per heavy atom. The van der Waals surface area contributed by atoms with Gasteiger partial charge in [0.25, 0.3) is 0 Å². The summed E-state index contributed by atoms with van der Waals surface area (Å²) in [7, 11) is 0. The van der Waals surface area contributed by atoms with Gasteiger partial charge in [-0.3, -0.25) is 19.2 Å². The van der Waals surface area contributed by atoms with Crippen molar-refractivity contribution in [3.05, 3.63) is 0 Å². The third-order valence-corrected chi connectivity index (χ3v) is 4.56. The van der Waals surface area contributed by atoms with Crippen LogP contribution < -0.4 is 27.4 Å². The number of aliphatic hydroxyl groups is 1. The predicted octanol–water partition coefficient (Wildman–Crippen LogP) is -3.30. The van der Waals surface area contributed by atoms with Gasteiger partial charge in [-0.15, -0.1) is 0 Å². The molecule has 0 radical (unpaired) electrons. The first-order valence-electron chi connectivity index (χ1n) is 8.87. The smallest absolute Gasteiger partial charge is 0.326 e. The predicted molar refractivity (Wildman–Crippen MR) is 106 cm³/mol. The van der Waals surface area contributed by atoms with Crippen LogP contribution in [0.1, 0.15) is 26.7 Å². The molecule has 4 amide bonds. The molecule has 9 N–H and O–H groups in total. The van der Waals surface area contributed by atoms with Crippen LogP contribution in [0.3, 0.4) is 0 Å². The van der Waals surface area contributed by atoms with Crippen LogP contribution in [0.4, 0.5) is 0 Å². The molecular weight excluding hydrogens is 406 g/mol. The highest BCUT2D eigenvalue weighted by Crippen LogP contribution is 2.08. The third-order valence-electron chi connectivity index (χ3n) is 4.16. The standard InChI is InChI=1S/C16H29N5O7S/c1-3-7(2)12(16(27)28)21-15(26)10(5-22)20-14(25)9(4-11(18)23)19-13(24)8(17)6-29/h7-10,12,22,29H,3-6,17H2,1-2H3,(H2,18,23)(H,19,24)(H,20,25)(H,21,26)(H,27,28). The van der Waals surface area contributed by atoms with Crippen LogP contribution >= 0.6 is 12.6 Å². The van der Waals surface area contributed by atoms with Crippen molar-refractivity contribution in [2.24, 2.45) is 17.4 Å². The number of primary amides is 1. The van der Waals surface area contributed by atoms with E-state index in [-0.39, 0.29) is 5.75 Å². The van der Waals surface area contributed by atoms with Gasteiger partial charge in [-0.1, -0.05) is 20.3 Å². The second kappa shape index (κ2) is 13.0. The fourth-order valence-corrected chi connectivity index (χ4v) is 2.34. The molecule has 0 aromatic heterocycles. The Morgan fingerprint density at radius 1 is 1.00 bits per heavy atom. The summed E-state index contributed by atoms with van der Waals surface area (Å²) in [4.78, 5) is 59.1. The summed E-state index contributed by atoms with van der Waals surface area (Å²) >= 11 is 3.86. The number of nitrogens with one attached hydrogen (secondary N) is 3. The Balaban J connectivity index is 5.26. The number of thiol groups is 1. The number of carboxylic acids is 1. The molecule has 0 saturated carbocycles. The number of rotatable bonds is 13. The number of nitrogens with two attached hydrogens (primary N) is 2. The number of hydrogen-bond donors (Lipinski definition) is 8. The lowest BCUT2D eigenvalue weighted by Crippen LogP contribution is -2.59. The fraction of sp³-hybridized carbons (Fsp3) is 0.688. The molecule has 5 unspecified atom stereocenters. The van der Waals surface area contributed by atoms with Gasteiger partial charge in [0.15, 0.2) is 0 Å². The number of aliphatic hydroxyl groups excluding tert-OH is 1. The van der Waals surface area contributed by atoms with E-state index < -0.39 is 72.7 Å². The Hall–Kier alpha value is -2.38. The van der Waals surface area contributed by atoms with Crippen molar-refractivity contribution in [1.29, 1.82) is 0 Å². The van der Waals surface area contributed by atoms with Gasteiger partial charge in [0, 0.05) is 5.75 Å². The maximum Gasteiger partial charge on any atom is 0.326 e. The summed E-state index contributed by atoms with van der Waals surface area (Å²) in [6.45, 7) is 2.51. The summed E-state index contributed by atoms with van der Waals surface area (Å²) in [5, 5.41) is 25.3. The number of carboxylic acid groups (broad SMARTS) is 1. The van der Waals surface area contributed by atoms with Crippen LogP contribution in [-0.2, 0) is 24.0 Å². The highest BCUT2D eigenvalue weighted by atomic mass is 32.1. The lowest BCUT2D eigenvalue weighted by molar-refractivity contribution is -0.144. The second-order valence-corrected chi connectivity index (χ2v) is 6.84. The van der Waals surface area contributed by atoms with Gasteiger partial charge in [0.05, 0.1) is 19.1 Å². The maximum absolute atomic E-state index is 12.4. The Kier molecular flexibility index (Phi) is 11.9. The van der Waals surface area contributed by atoms with E-state index in [0.717, 1.165) is 0 Å². The number of amides is 4. The molecule has 0 aromatic rings. The zero-order chi connectivity index (χ0) is 22.7. The van der Waals surface area contributed by atoms with Crippen LogP contribution in [-0.4, -0.2) is 76.3 Å². The first kappa shape index (κ1) is 26.6. The number of carbonyl (C=O) groups is 5. The molecular formula is C16H29N5O7S. The summed E-state index contributed by atoms with van der Waals surface area (Å²) in [6.07, 6.45) is -0.118. The van der Waals surface area contributed by atoms with Crippen molar-refractivity contribution in [3.8, 4) is 0 Å². The highest BCUT2D eigenvalue weighted by Gasteiger charge is 2.32. The van der Waals surface area contributed by atoms with Crippen molar-refractivity contribution in [2.45, 2.75) is 50.9 Å². The zero-order valence-corrected chi connectivity index (χ0v) is 17.1. The minimum absolute atomic E-state index is 0.0232. The molecule has 5 atom stereocenters. The number of hydrogen-bond acceptors (Lipinski definition) is 8. The van der Waals surface area contributed by atoms with Gasteiger partial charge in [-0.05, 0) is 5.92 Å². The van der Waals surface area contributed by atoms with Crippen molar-refractivity contribution in [1.82, 2.24) is 16.0 Å². The Bertz CT molecular complexity index is 618. The van der Waals surface area contributed by atoms with Crippen LogP contribution in [0.2, 0.25) is 0 Å². The van der Waals surface area contributed by atoms with E-state index in [4.69, 9.17) is 11.5 Å². The van der Waals surface area contributed by atoms with E-state index in [9.17, 15) is 34.2 Å². The molecule has 0 aliphatic carbocycles. The van der Waals surface area contributed by atoms with Crippen LogP contribution in [0.15, 0.2) is 0 Å². The Labute approximate surface area is 173 Å². The first-order chi connectivity index (χ1) is 13.5. The van der Waals surface area contributed by atoms with E-state index in [1.807, 2.05) is 0 Å². The minimum atomic E-state index is -1.51. The van der Waals surface area contributed by atoms with Crippen LogP contribution in [0.5, 0.6) is 0 Å². The van der Waals surface area contributed by atoms with Crippen molar-refractivity contribution in [2.75, 3.05) is 12.4 Å². The number of carbonyl (C=O) groups excluding carboxylic acids is 4. The molecule has 12 nitrogen and oxygen atoms in total. The van der Waals surface area contributed by atoms with E-state index in [1.54, 1.807) is 13.8 Å². The van der Waals surface area contributed by atoms with E-state index in [2.05, 4.69) is 28.6 Å². The van der Waals surface area contributed by atoms with Gasteiger partial charge in [0.2, 0.25) is 23.6 Å². The topological polar surface area (TPSA) is 214 Å². The number of aliphatic carboxylic acids is 1. The molecule has 0 aliphatic rings. The molecule has 29 heavy (non-hydrogen) atoms. The molecule has 166 valence electrons. The molecule has 0 bridgehead atoms.